The average molecular weight is 256 g/mol. The number of hydrogen-bond donors (Lipinski definition) is 1. The summed E-state index contributed by atoms with van der Waals surface area (Å²) in [7, 11) is 1.97. The van der Waals surface area contributed by atoms with Gasteiger partial charge in [-0.1, -0.05) is 19.1 Å². The lowest BCUT2D eigenvalue weighted by molar-refractivity contribution is 0.942. The van der Waals surface area contributed by atoms with Crippen LogP contribution in [0.25, 0.3) is 0 Å². The third-order valence-electron chi connectivity index (χ3n) is 3.32. The fourth-order valence-electron chi connectivity index (χ4n) is 1.91. The molecule has 1 aromatic heterocycles. The number of aromatic nitrogens is 2. The number of nitrogens with zero attached hydrogens (tertiary/aromatic N) is 3. The molecule has 1 aromatic carbocycles. The molecule has 19 heavy (non-hydrogen) atoms. The van der Waals surface area contributed by atoms with Crippen molar-refractivity contribution in [2.45, 2.75) is 26.8 Å². The maximum atomic E-state index is 5.63. The molecule has 0 atom stereocenters. The quantitative estimate of drug-likeness (QED) is 0.913. The van der Waals surface area contributed by atoms with Gasteiger partial charge in [-0.05, 0) is 31.0 Å². The zero-order valence-electron chi connectivity index (χ0n) is 11.7. The van der Waals surface area contributed by atoms with Crippen molar-refractivity contribution in [2.24, 2.45) is 5.73 Å². The Labute approximate surface area is 114 Å². The third-order valence-corrected chi connectivity index (χ3v) is 3.32. The Morgan fingerprint density at radius 2 is 1.89 bits per heavy atom. The van der Waals surface area contributed by atoms with E-state index in [1.807, 2.05) is 18.9 Å². The maximum Gasteiger partial charge on any atom is 0.229 e. The van der Waals surface area contributed by atoms with Crippen molar-refractivity contribution >= 4 is 11.6 Å². The maximum absolute atomic E-state index is 5.63. The summed E-state index contributed by atoms with van der Waals surface area (Å²) in [6.45, 7) is 4.58. The number of hydrogen-bond acceptors (Lipinski definition) is 4. The Morgan fingerprint density at radius 3 is 2.42 bits per heavy atom. The van der Waals surface area contributed by atoms with E-state index in [0.717, 1.165) is 23.4 Å². The van der Waals surface area contributed by atoms with Crippen LogP contribution in [0.2, 0.25) is 0 Å². The summed E-state index contributed by atoms with van der Waals surface area (Å²) in [6, 6.07) is 8.45. The number of benzene rings is 1. The molecule has 4 nitrogen and oxygen atoms in total. The van der Waals surface area contributed by atoms with Crippen molar-refractivity contribution in [1.29, 1.82) is 0 Å². The number of nitrogens with two attached hydrogens (primary N) is 1. The summed E-state index contributed by atoms with van der Waals surface area (Å²) < 4.78 is 0. The standard InChI is InChI=1S/C15H20N4/c1-4-12-5-7-14(8-6-12)19(3)15-17-10-13(9-16)11(2)18-15/h5-8,10H,4,9,16H2,1-3H3. The van der Waals surface area contributed by atoms with Crippen LogP contribution in [0.4, 0.5) is 11.6 Å². The molecule has 0 saturated heterocycles. The molecule has 2 N–H and O–H groups in total. The van der Waals surface area contributed by atoms with Gasteiger partial charge in [-0.15, -0.1) is 0 Å². The van der Waals surface area contributed by atoms with Crippen LogP contribution in [0.15, 0.2) is 30.5 Å². The third kappa shape index (κ3) is 2.90. The van der Waals surface area contributed by atoms with E-state index in [4.69, 9.17) is 5.73 Å². The van der Waals surface area contributed by atoms with Gasteiger partial charge in [0.05, 0.1) is 0 Å². The fourth-order valence-corrected chi connectivity index (χ4v) is 1.91. The Morgan fingerprint density at radius 1 is 1.21 bits per heavy atom. The normalized spacial score (nSPS) is 10.5. The molecule has 2 aromatic rings. The van der Waals surface area contributed by atoms with Gasteiger partial charge in [0.1, 0.15) is 0 Å². The molecule has 1 heterocycles. The molecule has 2 rings (SSSR count). The van der Waals surface area contributed by atoms with Crippen molar-refractivity contribution in [3.8, 4) is 0 Å². The summed E-state index contributed by atoms with van der Waals surface area (Å²) in [4.78, 5) is 10.8. The van der Waals surface area contributed by atoms with E-state index < -0.39 is 0 Å². The molecule has 0 aliphatic heterocycles. The monoisotopic (exact) mass is 256 g/mol. The second-order valence-corrected chi connectivity index (χ2v) is 4.56. The van der Waals surface area contributed by atoms with Crippen molar-refractivity contribution < 1.29 is 0 Å². The smallest absolute Gasteiger partial charge is 0.229 e. The lowest BCUT2D eigenvalue weighted by Gasteiger charge is -2.18. The molecule has 0 amide bonds. The Kier molecular flexibility index (Phi) is 4.12. The van der Waals surface area contributed by atoms with Crippen LogP contribution in [0, 0.1) is 6.92 Å². The summed E-state index contributed by atoms with van der Waals surface area (Å²) in [5.41, 5.74) is 9.95. The first-order chi connectivity index (χ1) is 9.15. The zero-order valence-corrected chi connectivity index (χ0v) is 11.7. The highest BCUT2D eigenvalue weighted by Gasteiger charge is 2.08. The van der Waals surface area contributed by atoms with E-state index in [-0.39, 0.29) is 0 Å². The summed E-state index contributed by atoms with van der Waals surface area (Å²) in [6.07, 6.45) is 2.85. The van der Waals surface area contributed by atoms with Gasteiger partial charge < -0.3 is 10.6 Å². The predicted molar refractivity (Wildman–Crippen MR) is 78.5 cm³/mol. The molecule has 0 fully saturated rings. The van der Waals surface area contributed by atoms with Gasteiger partial charge in [0.25, 0.3) is 0 Å². The van der Waals surface area contributed by atoms with Gasteiger partial charge in [0.15, 0.2) is 0 Å². The topological polar surface area (TPSA) is 55.0 Å². The number of rotatable bonds is 4. The molecule has 0 spiro atoms. The van der Waals surface area contributed by atoms with Crippen LogP contribution >= 0.6 is 0 Å². The van der Waals surface area contributed by atoms with E-state index in [1.165, 1.54) is 5.56 Å². The van der Waals surface area contributed by atoms with E-state index >= 15 is 0 Å². The highest BCUT2D eigenvalue weighted by molar-refractivity contribution is 5.56. The second-order valence-electron chi connectivity index (χ2n) is 4.56. The van der Waals surface area contributed by atoms with Crippen LogP contribution in [0.1, 0.15) is 23.7 Å². The highest BCUT2D eigenvalue weighted by Crippen LogP contribution is 2.21. The fraction of sp³-hybridized carbons (Fsp3) is 0.333. The van der Waals surface area contributed by atoms with Gasteiger partial charge in [-0.2, -0.15) is 0 Å². The van der Waals surface area contributed by atoms with E-state index in [9.17, 15) is 0 Å². The minimum absolute atomic E-state index is 0.473. The van der Waals surface area contributed by atoms with E-state index in [2.05, 4.69) is 41.2 Å². The van der Waals surface area contributed by atoms with Crippen molar-refractivity contribution in [3.05, 3.63) is 47.3 Å². The second kappa shape index (κ2) is 5.80. The van der Waals surface area contributed by atoms with Crippen molar-refractivity contribution in [3.63, 3.8) is 0 Å². The van der Waals surface area contributed by atoms with Gasteiger partial charge in [0.2, 0.25) is 5.95 Å². The molecular formula is C15H20N4. The number of aryl methyl sites for hydroxylation is 2. The summed E-state index contributed by atoms with van der Waals surface area (Å²) in [5.74, 6) is 0.693. The Bertz CT molecular complexity index is 549. The molecule has 0 aliphatic rings. The first-order valence-electron chi connectivity index (χ1n) is 6.51. The van der Waals surface area contributed by atoms with Crippen LogP contribution in [-0.4, -0.2) is 17.0 Å². The SMILES string of the molecule is CCc1ccc(N(C)c2ncc(CN)c(C)n2)cc1. The molecular weight excluding hydrogens is 236 g/mol. The first-order valence-corrected chi connectivity index (χ1v) is 6.51. The largest absolute Gasteiger partial charge is 0.326 e. The van der Waals surface area contributed by atoms with Crippen LogP contribution in [-0.2, 0) is 13.0 Å². The molecule has 0 saturated carbocycles. The van der Waals surface area contributed by atoms with Gasteiger partial charge in [0, 0.05) is 36.7 Å². The zero-order chi connectivity index (χ0) is 13.8. The summed E-state index contributed by atoms with van der Waals surface area (Å²) >= 11 is 0. The van der Waals surface area contributed by atoms with Gasteiger partial charge in [-0.25, -0.2) is 9.97 Å². The molecule has 0 aliphatic carbocycles. The molecule has 0 radical (unpaired) electrons. The average Bonchev–Trinajstić information content (AvgIpc) is 2.46. The molecule has 0 bridgehead atoms. The van der Waals surface area contributed by atoms with E-state index in [0.29, 0.717) is 12.5 Å². The predicted octanol–water partition coefficient (Wildman–Crippen LogP) is 2.57. The van der Waals surface area contributed by atoms with Crippen molar-refractivity contribution in [2.75, 3.05) is 11.9 Å². The van der Waals surface area contributed by atoms with Crippen LogP contribution in [0.5, 0.6) is 0 Å². The minimum atomic E-state index is 0.473. The van der Waals surface area contributed by atoms with E-state index in [1.54, 1.807) is 6.20 Å². The Balaban J connectivity index is 2.27. The highest BCUT2D eigenvalue weighted by atomic mass is 15.2. The van der Waals surface area contributed by atoms with Crippen molar-refractivity contribution in [1.82, 2.24) is 9.97 Å². The number of anilines is 2. The van der Waals surface area contributed by atoms with Crippen LogP contribution in [0.3, 0.4) is 0 Å². The minimum Gasteiger partial charge on any atom is -0.326 e. The molecule has 100 valence electrons. The molecule has 0 unspecified atom stereocenters. The first kappa shape index (κ1) is 13.5. The lowest BCUT2D eigenvalue weighted by atomic mass is 10.1. The van der Waals surface area contributed by atoms with Gasteiger partial charge in [-0.3, -0.25) is 0 Å². The Hall–Kier alpha value is -1.94. The molecule has 4 heteroatoms. The lowest BCUT2D eigenvalue weighted by Crippen LogP contribution is -2.14. The van der Waals surface area contributed by atoms with Gasteiger partial charge >= 0.3 is 0 Å². The van der Waals surface area contributed by atoms with Crippen LogP contribution < -0.4 is 10.6 Å². The summed E-state index contributed by atoms with van der Waals surface area (Å²) in [5, 5.41) is 0.